The Morgan fingerprint density at radius 1 is 1.04 bits per heavy atom. The normalized spacial score (nSPS) is 25.9. The van der Waals surface area contributed by atoms with Crippen LogP contribution in [-0.4, -0.2) is 45.8 Å². The highest BCUT2D eigenvalue weighted by Crippen LogP contribution is 2.30. The van der Waals surface area contributed by atoms with Crippen molar-refractivity contribution < 1.29 is 4.74 Å². The molecule has 0 radical (unpaired) electrons. The molecule has 5 nitrogen and oxygen atoms in total. The molecule has 24 heavy (non-hydrogen) atoms. The van der Waals surface area contributed by atoms with Crippen molar-refractivity contribution >= 4 is 10.9 Å². The highest BCUT2D eigenvalue weighted by molar-refractivity contribution is 5.84. The average molecular weight is 320 g/mol. The number of aromatic nitrogens is 3. The van der Waals surface area contributed by atoms with E-state index in [1.807, 2.05) is 18.3 Å². The van der Waals surface area contributed by atoms with E-state index in [-0.39, 0.29) is 6.10 Å². The van der Waals surface area contributed by atoms with Crippen LogP contribution in [0, 0.1) is 5.92 Å². The number of H-pyrrole nitrogens is 1. The second-order valence-corrected chi connectivity index (χ2v) is 6.83. The molecule has 2 bridgehead atoms. The molecule has 2 aromatic heterocycles. The summed E-state index contributed by atoms with van der Waals surface area (Å²) < 4.78 is 6.12. The Morgan fingerprint density at radius 2 is 1.96 bits per heavy atom. The molecule has 1 atom stereocenters. The van der Waals surface area contributed by atoms with Crippen molar-refractivity contribution in [1.29, 1.82) is 0 Å². The molecular formula is C19H20N4O. The van der Waals surface area contributed by atoms with Crippen LogP contribution in [0.4, 0.5) is 0 Å². The van der Waals surface area contributed by atoms with Gasteiger partial charge in [0.05, 0.1) is 5.69 Å². The Morgan fingerprint density at radius 3 is 2.71 bits per heavy atom. The summed E-state index contributed by atoms with van der Waals surface area (Å²) in [4.78, 5) is 5.72. The Bertz CT molecular complexity index is 849. The second kappa shape index (κ2) is 5.60. The van der Waals surface area contributed by atoms with Crippen LogP contribution in [0.2, 0.25) is 0 Å². The van der Waals surface area contributed by atoms with Gasteiger partial charge < -0.3 is 9.72 Å². The fourth-order valence-electron chi connectivity index (χ4n) is 3.94. The maximum atomic E-state index is 6.12. The zero-order valence-corrected chi connectivity index (χ0v) is 13.5. The number of piperidine rings is 3. The molecule has 3 aliphatic heterocycles. The van der Waals surface area contributed by atoms with E-state index >= 15 is 0 Å². The van der Waals surface area contributed by atoms with E-state index in [1.54, 1.807) is 0 Å². The topological polar surface area (TPSA) is 54.0 Å². The lowest BCUT2D eigenvalue weighted by molar-refractivity contribution is -0.0103. The zero-order chi connectivity index (χ0) is 15.9. The minimum atomic E-state index is 0.267. The SMILES string of the molecule is c1cc2ccc(-c3ccc(O[C@H]4CN5CCC4CC5)nn3)cc2[nH]1. The van der Waals surface area contributed by atoms with Gasteiger partial charge in [-0.25, -0.2) is 0 Å². The first-order chi connectivity index (χ1) is 11.8. The van der Waals surface area contributed by atoms with Crippen molar-refractivity contribution in [3.8, 4) is 17.1 Å². The molecule has 0 spiro atoms. The third-order valence-corrected chi connectivity index (χ3v) is 5.36. The van der Waals surface area contributed by atoms with E-state index in [2.05, 4.69) is 44.3 Å². The maximum absolute atomic E-state index is 6.12. The summed E-state index contributed by atoms with van der Waals surface area (Å²) in [5.41, 5.74) is 3.04. The van der Waals surface area contributed by atoms with E-state index in [0.717, 1.165) is 23.3 Å². The van der Waals surface area contributed by atoms with Crippen LogP contribution >= 0.6 is 0 Å². The van der Waals surface area contributed by atoms with E-state index in [0.29, 0.717) is 11.8 Å². The van der Waals surface area contributed by atoms with Crippen molar-refractivity contribution in [1.82, 2.24) is 20.1 Å². The summed E-state index contributed by atoms with van der Waals surface area (Å²) in [7, 11) is 0. The molecule has 0 amide bonds. The Labute approximate surface area is 140 Å². The number of nitrogens with one attached hydrogen (secondary N) is 1. The maximum Gasteiger partial charge on any atom is 0.233 e. The van der Waals surface area contributed by atoms with Crippen molar-refractivity contribution in [2.24, 2.45) is 5.92 Å². The van der Waals surface area contributed by atoms with Crippen molar-refractivity contribution in [3.63, 3.8) is 0 Å². The molecule has 0 saturated carbocycles. The predicted molar refractivity (Wildman–Crippen MR) is 92.9 cm³/mol. The summed E-state index contributed by atoms with van der Waals surface area (Å²) in [5.74, 6) is 1.31. The molecule has 3 saturated heterocycles. The van der Waals surface area contributed by atoms with E-state index in [1.165, 1.54) is 31.3 Å². The van der Waals surface area contributed by atoms with Crippen molar-refractivity contribution in [3.05, 3.63) is 42.6 Å². The van der Waals surface area contributed by atoms with E-state index in [4.69, 9.17) is 4.74 Å². The standard InChI is InChI=1S/C19H20N4O/c1-2-15(11-17-13(1)5-8-20-17)16-3-4-19(22-21-16)24-18-12-23-9-6-14(18)7-10-23/h1-5,8,11,14,18,20H,6-7,9-10,12H2/t18-/m0/s1. The first-order valence-corrected chi connectivity index (χ1v) is 8.65. The summed E-state index contributed by atoms with van der Waals surface area (Å²) in [5, 5.41) is 9.87. The fraction of sp³-hybridized carbons (Fsp3) is 0.368. The highest BCUT2D eigenvalue weighted by atomic mass is 16.5. The van der Waals surface area contributed by atoms with Crippen LogP contribution in [-0.2, 0) is 0 Å². The summed E-state index contributed by atoms with van der Waals surface area (Å²) in [6, 6.07) is 12.3. The van der Waals surface area contributed by atoms with Crippen molar-refractivity contribution in [2.45, 2.75) is 18.9 Å². The van der Waals surface area contributed by atoms with Gasteiger partial charge in [-0.2, -0.15) is 0 Å². The predicted octanol–water partition coefficient (Wildman–Crippen LogP) is 3.10. The first kappa shape index (κ1) is 14.0. The van der Waals surface area contributed by atoms with Crippen molar-refractivity contribution in [2.75, 3.05) is 19.6 Å². The van der Waals surface area contributed by atoms with Gasteiger partial charge in [-0.15, -0.1) is 10.2 Å². The average Bonchev–Trinajstić information content (AvgIpc) is 3.11. The Balaban J connectivity index is 1.35. The van der Waals surface area contributed by atoms with Gasteiger partial charge in [-0.3, -0.25) is 4.90 Å². The van der Waals surface area contributed by atoms with Gasteiger partial charge in [0.15, 0.2) is 0 Å². The highest BCUT2D eigenvalue weighted by Gasteiger charge is 2.35. The third kappa shape index (κ3) is 2.45. The molecule has 5 heterocycles. The molecule has 5 heteroatoms. The number of ether oxygens (including phenoxy) is 1. The van der Waals surface area contributed by atoms with Crippen LogP contribution in [0.5, 0.6) is 5.88 Å². The molecule has 3 aliphatic rings. The number of aromatic amines is 1. The van der Waals surface area contributed by atoms with E-state index < -0.39 is 0 Å². The molecule has 3 aromatic rings. The monoisotopic (exact) mass is 320 g/mol. The molecule has 0 unspecified atom stereocenters. The number of hydrogen-bond donors (Lipinski definition) is 1. The lowest BCUT2D eigenvalue weighted by atomic mass is 9.86. The number of nitrogens with zero attached hydrogens (tertiary/aromatic N) is 3. The lowest BCUT2D eigenvalue weighted by Gasteiger charge is -2.44. The largest absolute Gasteiger partial charge is 0.472 e. The second-order valence-electron chi connectivity index (χ2n) is 6.83. The smallest absolute Gasteiger partial charge is 0.233 e. The lowest BCUT2D eigenvalue weighted by Crippen LogP contribution is -2.52. The zero-order valence-electron chi connectivity index (χ0n) is 13.5. The van der Waals surface area contributed by atoms with Gasteiger partial charge in [0.2, 0.25) is 5.88 Å². The third-order valence-electron chi connectivity index (χ3n) is 5.36. The quantitative estimate of drug-likeness (QED) is 0.806. The van der Waals surface area contributed by atoms with Crippen LogP contribution in [0.3, 0.4) is 0 Å². The molecule has 6 rings (SSSR count). The molecule has 3 fully saturated rings. The molecule has 122 valence electrons. The van der Waals surface area contributed by atoms with Gasteiger partial charge in [-0.1, -0.05) is 12.1 Å². The molecule has 0 aliphatic carbocycles. The minimum absolute atomic E-state index is 0.267. The van der Waals surface area contributed by atoms with E-state index in [9.17, 15) is 0 Å². The fourth-order valence-corrected chi connectivity index (χ4v) is 3.94. The molecule has 1 N–H and O–H groups in total. The summed E-state index contributed by atoms with van der Waals surface area (Å²) >= 11 is 0. The number of benzene rings is 1. The summed E-state index contributed by atoms with van der Waals surface area (Å²) in [6.45, 7) is 3.46. The van der Waals surface area contributed by atoms with Crippen LogP contribution in [0.1, 0.15) is 12.8 Å². The molecular weight excluding hydrogens is 300 g/mol. The number of fused-ring (bicyclic) bond motifs is 4. The number of rotatable bonds is 3. The van der Waals surface area contributed by atoms with Crippen LogP contribution in [0.15, 0.2) is 42.6 Å². The van der Waals surface area contributed by atoms with Gasteiger partial charge in [0, 0.05) is 29.9 Å². The van der Waals surface area contributed by atoms with Crippen LogP contribution in [0.25, 0.3) is 22.2 Å². The minimum Gasteiger partial charge on any atom is -0.472 e. The summed E-state index contributed by atoms with van der Waals surface area (Å²) in [6.07, 6.45) is 4.70. The van der Waals surface area contributed by atoms with Gasteiger partial charge in [-0.05, 0) is 55.4 Å². The van der Waals surface area contributed by atoms with Gasteiger partial charge in [0.1, 0.15) is 6.10 Å². The Kier molecular flexibility index (Phi) is 3.26. The number of hydrogen-bond acceptors (Lipinski definition) is 4. The molecule has 1 aromatic carbocycles. The Hall–Kier alpha value is -2.40. The first-order valence-electron chi connectivity index (χ1n) is 8.65. The van der Waals surface area contributed by atoms with Crippen LogP contribution < -0.4 is 4.74 Å². The van der Waals surface area contributed by atoms with Gasteiger partial charge in [0.25, 0.3) is 0 Å². The van der Waals surface area contributed by atoms with Gasteiger partial charge >= 0.3 is 0 Å².